The molecule has 0 aliphatic heterocycles. The Morgan fingerprint density at radius 2 is 1.78 bits per heavy atom. The van der Waals surface area contributed by atoms with Crippen LogP contribution in [0, 0.1) is 11.6 Å². The van der Waals surface area contributed by atoms with E-state index in [-0.39, 0.29) is 21.4 Å². The lowest BCUT2D eigenvalue weighted by atomic mass is 10.1. The number of benzene rings is 1. The number of halogens is 5. The van der Waals surface area contributed by atoms with Crippen LogP contribution < -0.4 is 21.8 Å². The van der Waals surface area contributed by atoms with Gasteiger partial charge in [-0.05, 0) is 30.0 Å². The Hall–Kier alpha value is -3.96. The summed E-state index contributed by atoms with van der Waals surface area (Å²) < 4.78 is 77.1. The molecule has 4 rings (SSSR count). The topological polar surface area (TPSA) is 131 Å². The number of esters is 1. The van der Waals surface area contributed by atoms with Crippen molar-refractivity contribution in [2.24, 2.45) is 24.8 Å². The highest BCUT2D eigenvalue weighted by Crippen LogP contribution is 2.37. The summed E-state index contributed by atoms with van der Waals surface area (Å²) in [6.07, 6.45) is -5.75. The zero-order chi connectivity index (χ0) is 30.4. The Morgan fingerprint density at radius 1 is 1.10 bits per heavy atom. The maximum Gasteiger partial charge on any atom is 0.422 e. The van der Waals surface area contributed by atoms with Crippen molar-refractivity contribution in [2.75, 3.05) is 0 Å². The number of carbonyl (C=O) groups is 2. The van der Waals surface area contributed by atoms with Gasteiger partial charge in [-0.1, -0.05) is 0 Å². The summed E-state index contributed by atoms with van der Waals surface area (Å²) in [6.45, 7) is 0.602. The highest BCUT2D eigenvalue weighted by molar-refractivity contribution is 7.17. The number of aromatic nitrogens is 3. The van der Waals surface area contributed by atoms with Crippen molar-refractivity contribution in [1.29, 1.82) is 0 Å². The summed E-state index contributed by atoms with van der Waals surface area (Å²) in [5.41, 5.74) is 1.51. The smallest absolute Gasteiger partial charge is 0.422 e. The fraction of sp³-hybridized carbons (Fsp3) is 0.292. The number of aryl methyl sites for hydroxylation is 1. The molecule has 10 nitrogen and oxygen atoms in total. The van der Waals surface area contributed by atoms with Crippen molar-refractivity contribution in [3.05, 3.63) is 71.3 Å². The van der Waals surface area contributed by atoms with E-state index < -0.39 is 71.3 Å². The predicted octanol–water partition coefficient (Wildman–Crippen LogP) is 2.64. The molecule has 2 N–H and O–H groups in total. The van der Waals surface area contributed by atoms with Gasteiger partial charge in [0.1, 0.15) is 28.1 Å². The van der Waals surface area contributed by atoms with Crippen LogP contribution in [0.2, 0.25) is 0 Å². The lowest BCUT2D eigenvalue weighted by molar-refractivity contribution is -0.148. The van der Waals surface area contributed by atoms with Gasteiger partial charge < -0.3 is 10.5 Å². The summed E-state index contributed by atoms with van der Waals surface area (Å²) in [6, 6.07) is 0.133. The number of ether oxygens (including phenoxy) is 1. The van der Waals surface area contributed by atoms with Crippen LogP contribution in [0.3, 0.4) is 0 Å². The molecule has 4 aromatic rings. The third-order valence-corrected chi connectivity index (χ3v) is 7.93. The standard InChI is InChI=1S/C24H20F5N5O5S2/c1-10(30)21(37)39-9-34-14(12-4-5-13(25)17(18(12)26)24(27,28)29)8-41-22(34)31-15(35)6-11-7-40-20-16(11)19(36)32(2)23(38)33(20)3/h4-5,7-8,10H,6,9,30H2,1-3H3/t10-/m0/s1. The minimum atomic E-state index is -5.35. The van der Waals surface area contributed by atoms with Gasteiger partial charge in [-0.15, -0.1) is 22.7 Å². The molecule has 0 saturated carbocycles. The number of alkyl halides is 3. The second kappa shape index (κ2) is 11.1. The molecule has 218 valence electrons. The van der Waals surface area contributed by atoms with Gasteiger partial charge in [-0.3, -0.25) is 28.1 Å². The third-order valence-electron chi connectivity index (χ3n) is 5.96. The number of hydrogen-bond donors (Lipinski definition) is 1. The fourth-order valence-electron chi connectivity index (χ4n) is 3.89. The van der Waals surface area contributed by atoms with E-state index in [0.29, 0.717) is 22.2 Å². The maximum atomic E-state index is 15.0. The number of amides is 1. The molecule has 0 aliphatic carbocycles. The number of fused-ring (bicyclic) bond motifs is 1. The molecule has 1 amide bonds. The third kappa shape index (κ3) is 5.64. The Kier molecular flexibility index (Phi) is 8.15. The molecule has 0 saturated heterocycles. The number of thiophene rings is 1. The van der Waals surface area contributed by atoms with E-state index >= 15 is 0 Å². The molecule has 3 aromatic heterocycles. The summed E-state index contributed by atoms with van der Waals surface area (Å²) in [5, 5.41) is 2.82. The quantitative estimate of drug-likeness (QED) is 0.262. The summed E-state index contributed by atoms with van der Waals surface area (Å²) >= 11 is 1.78. The van der Waals surface area contributed by atoms with Gasteiger partial charge in [0, 0.05) is 25.0 Å². The molecule has 1 atom stereocenters. The molecule has 0 bridgehead atoms. The van der Waals surface area contributed by atoms with Gasteiger partial charge in [0.15, 0.2) is 11.5 Å². The van der Waals surface area contributed by atoms with Crippen molar-refractivity contribution in [3.63, 3.8) is 0 Å². The minimum absolute atomic E-state index is 0.141. The van der Waals surface area contributed by atoms with Crippen molar-refractivity contribution >= 4 is 44.8 Å². The average Bonchev–Trinajstić information content (AvgIpc) is 3.48. The number of nitrogens with two attached hydrogens (primary N) is 1. The predicted molar refractivity (Wildman–Crippen MR) is 139 cm³/mol. The number of carbonyl (C=O) groups excluding carboxylic acids is 2. The maximum absolute atomic E-state index is 15.0. The van der Waals surface area contributed by atoms with Crippen LogP contribution in [0.1, 0.15) is 18.1 Å². The monoisotopic (exact) mass is 617 g/mol. The van der Waals surface area contributed by atoms with Crippen LogP contribution in [0.15, 0.2) is 37.5 Å². The first-order valence-electron chi connectivity index (χ1n) is 11.5. The number of thiazole rings is 1. The molecule has 0 fully saturated rings. The van der Waals surface area contributed by atoms with E-state index in [9.17, 15) is 41.1 Å². The minimum Gasteiger partial charge on any atom is -0.443 e. The zero-order valence-corrected chi connectivity index (χ0v) is 23.0. The lowest BCUT2D eigenvalue weighted by Gasteiger charge is -2.15. The average molecular weight is 618 g/mol. The fourth-order valence-corrected chi connectivity index (χ4v) is 5.82. The Morgan fingerprint density at radius 3 is 2.41 bits per heavy atom. The second-order valence-electron chi connectivity index (χ2n) is 8.82. The van der Waals surface area contributed by atoms with Gasteiger partial charge in [0.05, 0.1) is 17.5 Å². The molecule has 0 aliphatic rings. The SMILES string of the molecule is C[C@H](N)C(=O)OCn1c(-c2ccc(F)c(C(F)(F)F)c2F)csc1=NC(=O)Cc1csc2c1c(=O)n(C)c(=O)n2C. The van der Waals surface area contributed by atoms with E-state index in [0.717, 1.165) is 31.9 Å². The van der Waals surface area contributed by atoms with E-state index in [1.165, 1.54) is 31.0 Å². The van der Waals surface area contributed by atoms with Gasteiger partial charge in [0.25, 0.3) is 11.5 Å². The van der Waals surface area contributed by atoms with Crippen LogP contribution in [0.25, 0.3) is 21.5 Å². The highest BCUT2D eigenvalue weighted by Gasteiger charge is 2.39. The molecular weight excluding hydrogens is 597 g/mol. The molecular formula is C24H20F5N5O5S2. The summed E-state index contributed by atoms with van der Waals surface area (Å²) in [4.78, 5) is 53.9. The highest BCUT2D eigenvalue weighted by atomic mass is 32.1. The van der Waals surface area contributed by atoms with Gasteiger partial charge in [-0.2, -0.15) is 18.2 Å². The van der Waals surface area contributed by atoms with Crippen LogP contribution >= 0.6 is 22.7 Å². The van der Waals surface area contributed by atoms with E-state index in [1.807, 2.05) is 0 Å². The van der Waals surface area contributed by atoms with Crippen LogP contribution in [-0.2, 0) is 47.7 Å². The van der Waals surface area contributed by atoms with Crippen molar-refractivity contribution < 1.29 is 36.3 Å². The number of hydrogen-bond acceptors (Lipinski definition) is 8. The molecule has 1 aromatic carbocycles. The Bertz CT molecular complexity index is 1880. The normalized spacial score (nSPS) is 13.1. The number of nitrogens with zero attached hydrogens (tertiary/aromatic N) is 4. The van der Waals surface area contributed by atoms with Crippen molar-refractivity contribution in [3.8, 4) is 11.3 Å². The molecule has 0 unspecified atom stereocenters. The molecule has 41 heavy (non-hydrogen) atoms. The van der Waals surface area contributed by atoms with Crippen LogP contribution in [0.4, 0.5) is 22.0 Å². The summed E-state index contributed by atoms with van der Waals surface area (Å²) in [5.74, 6) is -5.45. The van der Waals surface area contributed by atoms with Crippen LogP contribution in [0.5, 0.6) is 0 Å². The van der Waals surface area contributed by atoms with Crippen molar-refractivity contribution in [2.45, 2.75) is 32.3 Å². The van der Waals surface area contributed by atoms with Crippen LogP contribution in [-0.4, -0.2) is 31.6 Å². The first kappa shape index (κ1) is 30.0. The van der Waals surface area contributed by atoms with Gasteiger partial charge >= 0.3 is 17.8 Å². The van der Waals surface area contributed by atoms with Crippen molar-refractivity contribution in [1.82, 2.24) is 13.7 Å². The number of rotatable bonds is 6. The molecule has 0 radical (unpaired) electrons. The van der Waals surface area contributed by atoms with E-state index in [2.05, 4.69) is 4.99 Å². The Balaban J connectivity index is 1.81. The van der Waals surface area contributed by atoms with E-state index in [1.54, 1.807) is 0 Å². The zero-order valence-electron chi connectivity index (χ0n) is 21.4. The lowest BCUT2D eigenvalue weighted by Crippen LogP contribution is -2.36. The molecule has 3 heterocycles. The largest absolute Gasteiger partial charge is 0.443 e. The van der Waals surface area contributed by atoms with Gasteiger partial charge in [-0.25, -0.2) is 13.6 Å². The summed E-state index contributed by atoms with van der Waals surface area (Å²) in [7, 11) is 2.76. The second-order valence-corrected chi connectivity index (χ2v) is 10.5. The molecule has 0 spiro atoms. The Labute approximate surface area is 234 Å². The van der Waals surface area contributed by atoms with Gasteiger partial charge in [0.2, 0.25) is 0 Å². The first-order chi connectivity index (χ1) is 19.1. The molecule has 17 heteroatoms. The van der Waals surface area contributed by atoms with E-state index in [4.69, 9.17) is 10.5 Å². The first-order valence-corrected chi connectivity index (χ1v) is 13.3.